The van der Waals surface area contributed by atoms with E-state index in [1.807, 2.05) is 6.07 Å². The van der Waals surface area contributed by atoms with Gasteiger partial charge in [-0.2, -0.15) is 0 Å². The van der Waals surface area contributed by atoms with Crippen molar-refractivity contribution in [3.05, 3.63) is 64.0 Å². The molecule has 3 rings (SSSR count). The number of carboxylic acid groups (broad SMARTS) is 1. The molecule has 0 saturated carbocycles. The van der Waals surface area contributed by atoms with Crippen molar-refractivity contribution >= 4 is 17.0 Å². The fraction of sp³-hybridized carbons (Fsp3) is 0.133. The highest BCUT2D eigenvalue weighted by molar-refractivity contribution is 5.88. The molecule has 0 radical (unpaired) electrons. The van der Waals surface area contributed by atoms with E-state index in [9.17, 15) is 9.59 Å². The Morgan fingerprint density at radius 3 is 2.86 bits per heavy atom. The molecule has 2 heterocycles. The molecule has 106 valence electrons. The molecule has 2 aromatic heterocycles. The van der Waals surface area contributed by atoms with Gasteiger partial charge in [-0.1, -0.05) is 12.1 Å². The average Bonchev–Trinajstić information content (AvgIpc) is 2.92. The Hall–Kier alpha value is -2.89. The summed E-state index contributed by atoms with van der Waals surface area (Å²) in [6, 6.07) is 8.58. The van der Waals surface area contributed by atoms with Gasteiger partial charge in [0, 0.05) is 0 Å². The quantitative estimate of drug-likeness (QED) is 0.795. The first kappa shape index (κ1) is 13.1. The third-order valence-corrected chi connectivity index (χ3v) is 3.29. The molecule has 0 saturated heterocycles. The number of aromatic carboxylic acids is 1. The van der Waals surface area contributed by atoms with Crippen molar-refractivity contribution in [2.45, 2.75) is 13.5 Å². The van der Waals surface area contributed by atoms with Crippen LogP contribution < -0.4 is 5.56 Å². The first-order valence-electron chi connectivity index (χ1n) is 6.34. The van der Waals surface area contributed by atoms with Crippen LogP contribution in [-0.2, 0) is 6.54 Å². The summed E-state index contributed by atoms with van der Waals surface area (Å²) in [5.41, 5.74) is 1.47. The Morgan fingerprint density at radius 1 is 1.33 bits per heavy atom. The predicted molar refractivity (Wildman–Crippen MR) is 75.5 cm³/mol. The van der Waals surface area contributed by atoms with Gasteiger partial charge in [0.2, 0.25) is 0 Å². The summed E-state index contributed by atoms with van der Waals surface area (Å²) in [7, 11) is 0. The van der Waals surface area contributed by atoms with Gasteiger partial charge in [0.1, 0.15) is 17.0 Å². The molecule has 0 amide bonds. The molecule has 0 fully saturated rings. The smallest absolute Gasteiger partial charge is 0.339 e. The molecule has 1 N–H and O–H groups in total. The lowest BCUT2D eigenvalue weighted by atomic mass is 10.2. The normalized spacial score (nSPS) is 10.9. The van der Waals surface area contributed by atoms with E-state index in [1.54, 1.807) is 25.1 Å². The molecule has 0 spiro atoms. The van der Waals surface area contributed by atoms with Crippen LogP contribution in [0.25, 0.3) is 11.0 Å². The van der Waals surface area contributed by atoms with Crippen molar-refractivity contribution in [2.75, 3.05) is 0 Å². The van der Waals surface area contributed by atoms with Crippen LogP contribution in [0.2, 0.25) is 0 Å². The summed E-state index contributed by atoms with van der Waals surface area (Å²) in [5, 5.41) is 9.11. The van der Waals surface area contributed by atoms with Gasteiger partial charge in [-0.15, -0.1) is 0 Å². The molecule has 6 heteroatoms. The number of carbonyl (C=O) groups is 1. The van der Waals surface area contributed by atoms with E-state index in [2.05, 4.69) is 4.98 Å². The van der Waals surface area contributed by atoms with Gasteiger partial charge in [0.25, 0.3) is 5.56 Å². The molecular formula is C15H12N2O4. The van der Waals surface area contributed by atoms with Crippen molar-refractivity contribution in [3.63, 3.8) is 0 Å². The zero-order valence-electron chi connectivity index (χ0n) is 11.2. The molecule has 6 nitrogen and oxygen atoms in total. The van der Waals surface area contributed by atoms with Crippen LogP contribution in [0.1, 0.15) is 21.8 Å². The van der Waals surface area contributed by atoms with Crippen molar-refractivity contribution in [1.82, 2.24) is 9.55 Å². The average molecular weight is 284 g/mol. The van der Waals surface area contributed by atoms with Gasteiger partial charge < -0.3 is 9.52 Å². The number of para-hydroxylation sites is 2. The van der Waals surface area contributed by atoms with E-state index in [1.165, 1.54) is 16.9 Å². The second-order valence-corrected chi connectivity index (χ2v) is 4.64. The number of aromatic nitrogens is 2. The van der Waals surface area contributed by atoms with Crippen LogP contribution in [-0.4, -0.2) is 20.6 Å². The van der Waals surface area contributed by atoms with E-state index in [0.29, 0.717) is 16.7 Å². The van der Waals surface area contributed by atoms with Crippen LogP contribution >= 0.6 is 0 Å². The van der Waals surface area contributed by atoms with Crippen LogP contribution in [0.3, 0.4) is 0 Å². The number of benzene rings is 1. The third kappa shape index (κ3) is 2.20. The molecule has 21 heavy (non-hydrogen) atoms. The molecule has 1 aromatic carbocycles. The molecule has 0 unspecified atom stereocenters. The van der Waals surface area contributed by atoms with E-state index in [0.717, 1.165) is 0 Å². The van der Waals surface area contributed by atoms with E-state index >= 15 is 0 Å². The lowest BCUT2D eigenvalue weighted by molar-refractivity contribution is 0.0694. The summed E-state index contributed by atoms with van der Waals surface area (Å²) in [6.45, 7) is 1.68. The lowest BCUT2D eigenvalue weighted by Crippen LogP contribution is -2.25. The van der Waals surface area contributed by atoms with Crippen LogP contribution in [0.5, 0.6) is 0 Å². The van der Waals surface area contributed by atoms with Gasteiger partial charge >= 0.3 is 5.97 Å². The predicted octanol–water partition coefficient (Wildman–Crippen LogP) is 2.04. The first-order valence-corrected chi connectivity index (χ1v) is 6.34. The van der Waals surface area contributed by atoms with Gasteiger partial charge in [-0.05, 0) is 25.1 Å². The van der Waals surface area contributed by atoms with Crippen molar-refractivity contribution in [1.29, 1.82) is 0 Å². The number of rotatable bonds is 3. The molecule has 0 aliphatic rings. The summed E-state index contributed by atoms with van der Waals surface area (Å²) in [6.07, 6.45) is 1.31. The second-order valence-electron chi connectivity index (χ2n) is 4.64. The fourth-order valence-corrected chi connectivity index (χ4v) is 2.27. The number of nitrogens with zero attached hydrogens (tertiary/aromatic N) is 2. The van der Waals surface area contributed by atoms with Gasteiger partial charge in [0.15, 0.2) is 0 Å². The molecular weight excluding hydrogens is 272 g/mol. The largest absolute Gasteiger partial charge is 0.478 e. The van der Waals surface area contributed by atoms with E-state index in [-0.39, 0.29) is 23.4 Å². The summed E-state index contributed by atoms with van der Waals surface area (Å²) in [4.78, 5) is 27.7. The number of fused-ring (bicyclic) bond motifs is 1. The minimum absolute atomic E-state index is 0.0529. The Kier molecular flexibility index (Phi) is 3.06. The maximum atomic E-state index is 12.3. The fourth-order valence-electron chi connectivity index (χ4n) is 2.27. The summed E-state index contributed by atoms with van der Waals surface area (Å²) < 4.78 is 6.69. The minimum Gasteiger partial charge on any atom is -0.478 e. The molecule has 0 atom stereocenters. The molecule has 0 aliphatic carbocycles. The Balaban J connectivity index is 2.20. The van der Waals surface area contributed by atoms with Gasteiger partial charge in [-0.25, -0.2) is 9.78 Å². The first-order chi connectivity index (χ1) is 10.1. The maximum Gasteiger partial charge on any atom is 0.339 e. The van der Waals surface area contributed by atoms with Crippen LogP contribution in [0, 0.1) is 6.92 Å². The zero-order chi connectivity index (χ0) is 15.0. The monoisotopic (exact) mass is 284 g/mol. The van der Waals surface area contributed by atoms with E-state index < -0.39 is 5.97 Å². The van der Waals surface area contributed by atoms with Crippen LogP contribution in [0.15, 0.2) is 45.8 Å². The SMILES string of the molecule is Cc1nc2ccccc2n(Cc2occc2C(=O)O)c1=O. The minimum atomic E-state index is -1.08. The molecule has 0 bridgehead atoms. The van der Waals surface area contributed by atoms with Crippen molar-refractivity contribution in [3.8, 4) is 0 Å². The Labute approximate surface area is 119 Å². The number of hydrogen-bond acceptors (Lipinski definition) is 4. The zero-order valence-corrected chi connectivity index (χ0v) is 11.2. The maximum absolute atomic E-state index is 12.3. The van der Waals surface area contributed by atoms with Crippen molar-refractivity contribution < 1.29 is 14.3 Å². The highest BCUT2D eigenvalue weighted by Gasteiger charge is 2.16. The highest BCUT2D eigenvalue weighted by atomic mass is 16.4. The lowest BCUT2D eigenvalue weighted by Gasteiger charge is -2.10. The standard InChI is InChI=1S/C15H12N2O4/c1-9-14(18)17(12-5-3-2-4-11(12)16-9)8-13-10(15(19)20)6-7-21-13/h2-7H,8H2,1H3,(H,19,20). The highest BCUT2D eigenvalue weighted by Crippen LogP contribution is 2.15. The topological polar surface area (TPSA) is 85.3 Å². The summed E-state index contributed by atoms with van der Waals surface area (Å²) >= 11 is 0. The van der Waals surface area contributed by atoms with Crippen LogP contribution in [0.4, 0.5) is 0 Å². The number of hydrogen-bond donors (Lipinski definition) is 1. The van der Waals surface area contributed by atoms with Gasteiger partial charge in [-0.3, -0.25) is 9.36 Å². The molecule has 0 aliphatic heterocycles. The molecule has 3 aromatic rings. The third-order valence-electron chi connectivity index (χ3n) is 3.29. The van der Waals surface area contributed by atoms with Crippen molar-refractivity contribution in [2.24, 2.45) is 0 Å². The van der Waals surface area contributed by atoms with E-state index in [4.69, 9.17) is 9.52 Å². The Bertz CT molecular complexity index is 892. The Morgan fingerprint density at radius 2 is 2.10 bits per heavy atom. The van der Waals surface area contributed by atoms with Gasteiger partial charge in [0.05, 0.1) is 23.8 Å². The number of aryl methyl sites for hydroxylation is 1. The second kappa shape index (κ2) is 4.90. The number of furan rings is 1. The summed E-state index contributed by atoms with van der Waals surface area (Å²) in [5.74, 6) is -0.845. The number of carboxylic acids is 1.